The summed E-state index contributed by atoms with van der Waals surface area (Å²) in [7, 11) is -16.7. The van der Waals surface area contributed by atoms with Gasteiger partial charge in [-0.05, 0) is 32.2 Å². The lowest BCUT2D eigenvalue weighted by atomic mass is 10.2. The highest BCUT2D eigenvalue weighted by Gasteiger charge is 2.43. The summed E-state index contributed by atoms with van der Waals surface area (Å²) in [6.07, 6.45) is 0.136. The molecule has 1 aromatic heterocycles. The van der Waals surface area contributed by atoms with Crippen LogP contribution < -0.4 is 22.3 Å². The summed E-state index contributed by atoms with van der Waals surface area (Å²) in [6.45, 7) is 2.27. The molecule has 0 aliphatic carbocycles. The molecule has 9 N–H and O–H groups in total. The van der Waals surface area contributed by atoms with Gasteiger partial charge in [-0.1, -0.05) is 0 Å². The van der Waals surface area contributed by atoms with Crippen LogP contribution in [0.2, 0.25) is 0 Å². The first-order valence-electron chi connectivity index (χ1n) is 12.7. The molecule has 0 amide bonds. The van der Waals surface area contributed by atoms with Crippen LogP contribution in [0.15, 0.2) is 15.8 Å². The second-order valence-electron chi connectivity index (χ2n) is 8.88. The molecule has 0 spiro atoms. The van der Waals surface area contributed by atoms with Crippen LogP contribution in [-0.4, -0.2) is 92.6 Å². The lowest BCUT2D eigenvalue weighted by Crippen LogP contribution is -2.34. The Hall–Kier alpha value is -1.31. The van der Waals surface area contributed by atoms with E-state index in [1.54, 1.807) is 0 Å². The fourth-order valence-electron chi connectivity index (χ4n) is 3.53. The highest BCUT2D eigenvalue weighted by atomic mass is 31.3. The van der Waals surface area contributed by atoms with Crippen LogP contribution in [-0.2, 0) is 41.1 Å². The van der Waals surface area contributed by atoms with E-state index in [1.165, 1.54) is 6.20 Å². The Bertz CT molecular complexity index is 1240. The minimum absolute atomic E-state index is 0.0269. The van der Waals surface area contributed by atoms with Gasteiger partial charge in [-0.3, -0.25) is 18.9 Å². The molecule has 2 unspecified atom stereocenters. The first kappa shape index (κ1) is 36.9. The number of rotatable bonds is 21. The van der Waals surface area contributed by atoms with Crippen LogP contribution >= 0.6 is 23.5 Å². The van der Waals surface area contributed by atoms with Gasteiger partial charge in [0, 0.05) is 45.6 Å². The van der Waals surface area contributed by atoms with E-state index < -0.39 is 59.8 Å². The SMILES string of the molecule is NCCCOCCCCOCCCNc1cn([C@H]2C[C@H](O)[C@@H](COP(=O)(O)OP(=O)(O)OP(=O)(O)O)O2)c(=O)[nH]c1=O. The number of nitrogens with zero attached hydrogens (tertiary/aromatic N) is 1. The Balaban J connectivity index is 1.82. The molecule has 0 radical (unpaired) electrons. The lowest BCUT2D eigenvalue weighted by Gasteiger charge is -2.19. The van der Waals surface area contributed by atoms with Gasteiger partial charge in [0.25, 0.3) is 5.56 Å². The van der Waals surface area contributed by atoms with E-state index in [2.05, 4.69) is 23.4 Å². The van der Waals surface area contributed by atoms with Crippen LogP contribution in [0.5, 0.6) is 0 Å². The third-order valence-corrected chi connectivity index (χ3v) is 9.20. The Morgan fingerprint density at radius 2 is 1.60 bits per heavy atom. The fourth-order valence-corrected chi connectivity index (χ4v) is 6.56. The van der Waals surface area contributed by atoms with E-state index in [1.807, 2.05) is 0 Å². The number of aromatic nitrogens is 2. The summed E-state index contributed by atoms with van der Waals surface area (Å²) in [5.41, 5.74) is 3.85. The molecular weight excluding hydrogens is 633 g/mol. The van der Waals surface area contributed by atoms with Crippen molar-refractivity contribution in [2.45, 2.75) is 50.5 Å². The van der Waals surface area contributed by atoms with Gasteiger partial charge in [0.05, 0.1) is 12.7 Å². The normalized spacial score (nSPS) is 22.1. The largest absolute Gasteiger partial charge is 0.490 e. The summed E-state index contributed by atoms with van der Waals surface area (Å²) in [5.74, 6) is 0. The maximum Gasteiger partial charge on any atom is 0.490 e. The number of phosphoric acid groups is 3. The predicted molar refractivity (Wildman–Crippen MR) is 143 cm³/mol. The molecule has 0 aromatic carbocycles. The van der Waals surface area contributed by atoms with Crippen molar-refractivity contribution >= 4 is 29.2 Å². The molecule has 5 atom stereocenters. The van der Waals surface area contributed by atoms with Crippen molar-refractivity contribution in [3.05, 3.63) is 27.0 Å². The molecule has 23 heteroatoms. The molecule has 42 heavy (non-hydrogen) atoms. The Morgan fingerprint density at radius 3 is 2.21 bits per heavy atom. The van der Waals surface area contributed by atoms with Gasteiger partial charge < -0.3 is 49.9 Å². The van der Waals surface area contributed by atoms with Crippen LogP contribution in [0.3, 0.4) is 0 Å². The van der Waals surface area contributed by atoms with E-state index >= 15 is 0 Å². The van der Waals surface area contributed by atoms with Crippen molar-refractivity contribution < 1.29 is 65.7 Å². The van der Waals surface area contributed by atoms with Gasteiger partial charge in [-0.25, -0.2) is 18.5 Å². The van der Waals surface area contributed by atoms with Crippen molar-refractivity contribution in [3.63, 3.8) is 0 Å². The number of aliphatic hydroxyl groups excluding tert-OH is 1. The Morgan fingerprint density at radius 1 is 0.976 bits per heavy atom. The summed E-state index contributed by atoms with van der Waals surface area (Å²) < 4.78 is 63.1. The first-order valence-corrected chi connectivity index (χ1v) is 17.2. The summed E-state index contributed by atoms with van der Waals surface area (Å²) in [5, 5.41) is 13.1. The molecule has 0 saturated carbocycles. The minimum atomic E-state index is -5.72. The van der Waals surface area contributed by atoms with Crippen molar-refractivity contribution in [2.75, 3.05) is 51.4 Å². The second kappa shape index (κ2) is 17.2. The van der Waals surface area contributed by atoms with Crippen LogP contribution in [0.1, 0.15) is 38.3 Å². The van der Waals surface area contributed by atoms with Crippen molar-refractivity contribution in [2.24, 2.45) is 5.73 Å². The maximum absolute atomic E-state index is 12.4. The molecule has 0 bridgehead atoms. The van der Waals surface area contributed by atoms with Crippen molar-refractivity contribution in [1.29, 1.82) is 0 Å². The fraction of sp³-hybridized carbons (Fsp3) is 0.789. The molecule has 1 aliphatic rings. The molecule has 2 rings (SSSR count). The van der Waals surface area contributed by atoms with E-state index in [-0.39, 0.29) is 12.1 Å². The zero-order chi connectivity index (χ0) is 31.4. The Labute approximate surface area is 239 Å². The van der Waals surface area contributed by atoms with Crippen LogP contribution in [0.25, 0.3) is 0 Å². The summed E-state index contributed by atoms with van der Waals surface area (Å²) in [4.78, 5) is 62.6. The number of aliphatic hydroxyl groups is 1. The molecule has 1 aliphatic heterocycles. The smallest absolute Gasteiger partial charge is 0.390 e. The number of hydrogen-bond donors (Lipinski definition) is 8. The molecule has 1 fully saturated rings. The lowest BCUT2D eigenvalue weighted by molar-refractivity contribution is -0.0449. The third-order valence-electron chi connectivity index (χ3n) is 5.40. The molecule has 244 valence electrons. The summed E-state index contributed by atoms with van der Waals surface area (Å²) >= 11 is 0. The standard InChI is InChI=1S/C19H37N4O16P3/c20-5-3-9-34-7-1-2-8-35-10-4-6-21-14-12-23(19(26)22-18(14)25)17-11-15(24)16(37-17)13-36-41(30,31)39-42(32,33)38-40(27,28)29/h12,15-17,21,24H,1-11,13,20H2,(H,30,31)(H,32,33)(H,22,25,26)(H2,27,28,29)/t15-,16+,17+/m0/s1. The molecule has 1 aromatic rings. The number of aromatic amines is 1. The van der Waals surface area contributed by atoms with E-state index in [9.17, 15) is 38.2 Å². The number of nitrogens with two attached hydrogens (primary N) is 1. The number of hydrogen-bond acceptors (Lipinski definition) is 14. The minimum Gasteiger partial charge on any atom is -0.390 e. The molecule has 20 nitrogen and oxygen atoms in total. The predicted octanol–water partition coefficient (Wildman–Crippen LogP) is -0.507. The van der Waals surface area contributed by atoms with Gasteiger partial charge in [0.15, 0.2) is 0 Å². The quantitative estimate of drug-likeness (QED) is 0.0603. The molecular formula is C19H37N4O16P3. The van der Waals surface area contributed by atoms with Crippen LogP contribution in [0.4, 0.5) is 5.69 Å². The molecule has 2 heterocycles. The summed E-state index contributed by atoms with van der Waals surface area (Å²) in [6, 6.07) is 0. The second-order valence-corrected chi connectivity index (χ2v) is 13.3. The average Bonchev–Trinajstić information content (AvgIpc) is 3.22. The number of nitrogens with one attached hydrogen (secondary N) is 2. The van der Waals surface area contributed by atoms with Gasteiger partial charge in [-0.15, -0.1) is 0 Å². The van der Waals surface area contributed by atoms with Gasteiger partial charge >= 0.3 is 29.2 Å². The Kier molecular flexibility index (Phi) is 15.1. The number of phosphoric ester groups is 1. The zero-order valence-electron chi connectivity index (χ0n) is 22.4. The van der Waals surface area contributed by atoms with E-state index in [4.69, 9.17) is 29.7 Å². The highest BCUT2D eigenvalue weighted by molar-refractivity contribution is 7.66. The van der Waals surface area contributed by atoms with Crippen LogP contribution in [0, 0.1) is 0 Å². The third kappa shape index (κ3) is 14.0. The number of anilines is 1. The first-order chi connectivity index (χ1) is 19.6. The average molecular weight is 670 g/mol. The van der Waals surface area contributed by atoms with Crippen molar-refractivity contribution in [1.82, 2.24) is 9.55 Å². The number of unbranched alkanes of at least 4 members (excludes halogenated alkanes) is 1. The van der Waals surface area contributed by atoms with Gasteiger partial charge in [0.1, 0.15) is 18.0 Å². The zero-order valence-corrected chi connectivity index (χ0v) is 25.1. The monoisotopic (exact) mass is 670 g/mol. The number of ether oxygens (including phenoxy) is 3. The molecule has 1 saturated heterocycles. The number of H-pyrrole nitrogens is 1. The van der Waals surface area contributed by atoms with E-state index in [0.29, 0.717) is 45.9 Å². The van der Waals surface area contributed by atoms with E-state index in [0.717, 1.165) is 23.8 Å². The van der Waals surface area contributed by atoms with Gasteiger partial charge in [0.2, 0.25) is 0 Å². The van der Waals surface area contributed by atoms with Crippen molar-refractivity contribution in [3.8, 4) is 0 Å². The highest BCUT2D eigenvalue weighted by Crippen LogP contribution is 2.66. The topological polar surface area (TPSA) is 301 Å². The van der Waals surface area contributed by atoms with Gasteiger partial charge in [-0.2, -0.15) is 8.62 Å². The maximum atomic E-state index is 12.4.